The molecule has 3 fully saturated rings. The fraction of sp³-hybridized carbons (Fsp3) is 0.381. The number of nitrogens with zero attached hydrogens (tertiary/aromatic N) is 1. The quantitative estimate of drug-likeness (QED) is 0.839. The van der Waals surface area contributed by atoms with E-state index < -0.39 is 5.97 Å². The van der Waals surface area contributed by atoms with E-state index in [2.05, 4.69) is 53.4 Å². The first kappa shape index (κ1) is 15.4. The highest BCUT2D eigenvalue weighted by Crippen LogP contribution is 2.73. The van der Waals surface area contributed by atoms with Crippen LogP contribution in [0.1, 0.15) is 30.4 Å². The molecule has 2 bridgehead atoms. The van der Waals surface area contributed by atoms with E-state index in [-0.39, 0.29) is 10.8 Å². The highest BCUT2D eigenvalue weighted by Gasteiger charge is 2.71. The predicted molar refractivity (Wildman–Crippen MR) is 93.4 cm³/mol. The Kier molecular flexibility index (Phi) is 3.69. The minimum Gasteiger partial charge on any atom is -0.481 e. The summed E-state index contributed by atoms with van der Waals surface area (Å²) in [5.74, 6) is -0.595. The Morgan fingerprint density at radius 1 is 0.875 bits per heavy atom. The van der Waals surface area contributed by atoms with Gasteiger partial charge < -0.3 is 5.11 Å². The lowest BCUT2D eigenvalue weighted by Crippen LogP contribution is -2.68. The van der Waals surface area contributed by atoms with Gasteiger partial charge in [-0.3, -0.25) is 9.69 Å². The van der Waals surface area contributed by atoms with E-state index in [1.54, 1.807) is 0 Å². The third kappa shape index (κ3) is 2.73. The molecule has 0 atom stereocenters. The largest absolute Gasteiger partial charge is 0.481 e. The Balaban J connectivity index is 1.46. The Bertz CT molecular complexity index is 665. The highest BCUT2D eigenvalue weighted by atomic mass is 16.4. The fourth-order valence-electron chi connectivity index (χ4n) is 4.72. The van der Waals surface area contributed by atoms with Gasteiger partial charge in [0.15, 0.2) is 0 Å². The van der Waals surface area contributed by atoms with Crippen LogP contribution >= 0.6 is 0 Å². The molecule has 5 rings (SSSR count). The zero-order chi connectivity index (χ0) is 16.6. The van der Waals surface area contributed by atoms with Gasteiger partial charge >= 0.3 is 5.97 Å². The molecule has 0 spiro atoms. The van der Waals surface area contributed by atoms with Crippen LogP contribution in [0.15, 0.2) is 60.7 Å². The van der Waals surface area contributed by atoms with Crippen molar-refractivity contribution in [2.45, 2.75) is 32.4 Å². The van der Waals surface area contributed by atoms with Crippen LogP contribution < -0.4 is 0 Å². The Labute approximate surface area is 142 Å². The fourth-order valence-corrected chi connectivity index (χ4v) is 4.72. The zero-order valence-corrected chi connectivity index (χ0v) is 13.8. The first-order valence-electron chi connectivity index (χ1n) is 8.63. The van der Waals surface area contributed by atoms with Crippen LogP contribution in [0.4, 0.5) is 0 Å². The Hall–Kier alpha value is -2.13. The van der Waals surface area contributed by atoms with E-state index in [4.69, 9.17) is 0 Å². The molecule has 3 heteroatoms. The van der Waals surface area contributed by atoms with Crippen LogP contribution in [0, 0.1) is 10.8 Å². The normalized spacial score (nSPS) is 27.4. The number of aliphatic carboxylic acids is 1. The van der Waals surface area contributed by atoms with Crippen molar-refractivity contribution >= 4 is 5.97 Å². The Morgan fingerprint density at radius 2 is 1.33 bits per heavy atom. The number of hydrogen-bond donors (Lipinski definition) is 1. The Morgan fingerprint density at radius 3 is 1.75 bits per heavy atom. The van der Waals surface area contributed by atoms with Gasteiger partial charge in [-0.05, 0) is 35.8 Å². The van der Waals surface area contributed by atoms with Crippen molar-refractivity contribution in [3.63, 3.8) is 0 Å². The first-order chi connectivity index (χ1) is 11.6. The monoisotopic (exact) mass is 321 g/mol. The standard InChI is InChI=1S/C21H23NO2/c23-19(24)21-13-20(14-21,15-21)16-22(11-17-7-3-1-4-8-17)12-18-9-5-2-6-10-18/h1-10H,11-16H2,(H,23,24). The van der Waals surface area contributed by atoms with Gasteiger partial charge in [0.2, 0.25) is 0 Å². The molecular weight excluding hydrogens is 298 g/mol. The third-order valence-electron chi connectivity index (χ3n) is 5.65. The van der Waals surface area contributed by atoms with Gasteiger partial charge in [-0.25, -0.2) is 0 Å². The van der Waals surface area contributed by atoms with Gasteiger partial charge in [-0.1, -0.05) is 60.7 Å². The zero-order valence-electron chi connectivity index (χ0n) is 13.8. The summed E-state index contributed by atoms with van der Waals surface area (Å²) in [6, 6.07) is 21.1. The first-order valence-corrected chi connectivity index (χ1v) is 8.63. The summed E-state index contributed by atoms with van der Waals surface area (Å²) in [7, 11) is 0. The summed E-state index contributed by atoms with van der Waals surface area (Å²) in [4.78, 5) is 13.8. The number of carboxylic acid groups (broad SMARTS) is 1. The molecule has 3 aliphatic rings. The number of carboxylic acids is 1. The van der Waals surface area contributed by atoms with Crippen LogP contribution in [-0.2, 0) is 17.9 Å². The molecule has 0 unspecified atom stereocenters. The molecule has 1 N–H and O–H groups in total. The molecule has 0 aromatic heterocycles. The molecule has 0 radical (unpaired) electrons. The summed E-state index contributed by atoms with van der Waals surface area (Å²) < 4.78 is 0. The van der Waals surface area contributed by atoms with Crippen molar-refractivity contribution in [2.24, 2.45) is 10.8 Å². The van der Waals surface area contributed by atoms with Crippen molar-refractivity contribution in [1.29, 1.82) is 0 Å². The second-order valence-electron chi connectivity index (χ2n) is 7.73. The topological polar surface area (TPSA) is 40.5 Å². The van der Waals surface area contributed by atoms with E-state index in [1.807, 2.05) is 12.1 Å². The molecular formula is C21H23NO2. The molecule has 3 aliphatic carbocycles. The van der Waals surface area contributed by atoms with Crippen molar-refractivity contribution in [2.75, 3.05) is 6.54 Å². The van der Waals surface area contributed by atoms with E-state index >= 15 is 0 Å². The summed E-state index contributed by atoms with van der Waals surface area (Å²) in [6.07, 6.45) is 2.57. The minimum absolute atomic E-state index is 0.238. The van der Waals surface area contributed by atoms with Crippen molar-refractivity contribution in [1.82, 2.24) is 4.90 Å². The number of rotatable bonds is 7. The summed E-state index contributed by atoms with van der Waals surface area (Å²) >= 11 is 0. The van der Waals surface area contributed by atoms with E-state index in [0.717, 1.165) is 38.9 Å². The molecule has 24 heavy (non-hydrogen) atoms. The lowest BCUT2D eigenvalue weighted by atomic mass is 9.35. The highest BCUT2D eigenvalue weighted by molar-refractivity contribution is 5.79. The van der Waals surface area contributed by atoms with Gasteiger partial charge in [0.1, 0.15) is 0 Å². The van der Waals surface area contributed by atoms with E-state index in [0.29, 0.717) is 0 Å². The molecule has 0 saturated heterocycles. The maximum absolute atomic E-state index is 11.3. The van der Waals surface area contributed by atoms with E-state index in [1.165, 1.54) is 11.1 Å². The van der Waals surface area contributed by atoms with Crippen LogP contribution in [0.3, 0.4) is 0 Å². The van der Waals surface area contributed by atoms with E-state index in [9.17, 15) is 9.90 Å². The number of benzene rings is 2. The molecule has 0 amide bonds. The molecule has 3 saturated carbocycles. The van der Waals surface area contributed by atoms with Gasteiger partial charge in [0, 0.05) is 19.6 Å². The lowest BCUT2D eigenvalue weighted by Gasteiger charge is -2.69. The van der Waals surface area contributed by atoms with Gasteiger partial charge in [-0.2, -0.15) is 0 Å². The SMILES string of the molecule is O=C(O)C12CC(CN(Cc3ccccc3)Cc3ccccc3)(C1)C2. The second-order valence-corrected chi connectivity index (χ2v) is 7.73. The average molecular weight is 321 g/mol. The number of hydrogen-bond acceptors (Lipinski definition) is 2. The van der Waals surface area contributed by atoms with Crippen LogP contribution in [-0.4, -0.2) is 22.5 Å². The van der Waals surface area contributed by atoms with Gasteiger partial charge in [-0.15, -0.1) is 0 Å². The maximum atomic E-state index is 11.3. The van der Waals surface area contributed by atoms with Crippen LogP contribution in [0.2, 0.25) is 0 Å². The molecule has 0 aliphatic heterocycles. The smallest absolute Gasteiger partial charge is 0.309 e. The van der Waals surface area contributed by atoms with Gasteiger partial charge in [0.25, 0.3) is 0 Å². The molecule has 2 aromatic carbocycles. The molecule has 124 valence electrons. The second kappa shape index (κ2) is 5.75. The average Bonchev–Trinajstić information content (AvgIpc) is 2.51. The van der Waals surface area contributed by atoms with Gasteiger partial charge in [0.05, 0.1) is 5.41 Å². The van der Waals surface area contributed by atoms with Crippen molar-refractivity contribution in [3.8, 4) is 0 Å². The summed E-state index contributed by atoms with van der Waals surface area (Å²) in [5, 5.41) is 9.34. The van der Waals surface area contributed by atoms with Crippen molar-refractivity contribution < 1.29 is 9.90 Å². The third-order valence-corrected chi connectivity index (χ3v) is 5.65. The summed E-state index contributed by atoms with van der Waals surface area (Å²) in [6.45, 7) is 2.82. The van der Waals surface area contributed by atoms with Crippen LogP contribution in [0.5, 0.6) is 0 Å². The molecule has 2 aromatic rings. The molecule has 3 nitrogen and oxygen atoms in total. The van der Waals surface area contributed by atoms with Crippen molar-refractivity contribution in [3.05, 3.63) is 71.8 Å². The van der Waals surface area contributed by atoms with Crippen LogP contribution in [0.25, 0.3) is 0 Å². The maximum Gasteiger partial charge on any atom is 0.309 e. The predicted octanol–water partition coefficient (Wildman–Crippen LogP) is 3.94. The number of carbonyl (C=O) groups is 1. The lowest BCUT2D eigenvalue weighted by molar-refractivity contribution is -0.228. The molecule has 0 heterocycles. The summed E-state index contributed by atoms with van der Waals surface area (Å²) in [5.41, 5.74) is 2.48. The minimum atomic E-state index is -0.595.